The molecule has 2 aromatic heterocycles. The van der Waals surface area contributed by atoms with Crippen LogP contribution < -0.4 is 0 Å². The zero-order valence-electron chi connectivity index (χ0n) is 20.0. The van der Waals surface area contributed by atoms with Gasteiger partial charge < -0.3 is 4.42 Å². The van der Waals surface area contributed by atoms with Crippen LogP contribution in [0.15, 0.2) is 76.2 Å². The average Bonchev–Trinajstić information content (AvgIpc) is 3.39. The van der Waals surface area contributed by atoms with Gasteiger partial charge in [0.15, 0.2) is 21.5 Å². The summed E-state index contributed by atoms with van der Waals surface area (Å²) in [5.74, 6) is 0.920. The van der Waals surface area contributed by atoms with Crippen molar-refractivity contribution < 1.29 is 12.8 Å². The molecule has 0 saturated heterocycles. The Kier molecular flexibility index (Phi) is 6.66. The summed E-state index contributed by atoms with van der Waals surface area (Å²) in [6.07, 6.45) is 2.90. The molecule has 5 aromatic rings. The molecule has 5 rings (SSSR count). The van der Waals surface area contributed by atoms with E-state index in [1.165, 1.54) is 6.26 Å². The van der Waals surface area contributed by atoms with Crippen molar-refractivity contribution in [3.63, 3.8) is 0 Å². The first-order valence-electron chi connectivity index (χ1n) is 11.1. The molecule has 37 heavy (non-hydrogen) atoms. The van der Waals surface area contributed by atoms with Gasteiger partial charge in [-0.3, -0.25) is 0 Å². The molecular weight excluding hydrogens is 553 g/mol. The van der Waals surface area contributed by atoms with E-state index in [9.17, 15) is 8.42 Å². The van der Waals surface area contributed by atoms with E-state index < -0.39 is 9.84 Å². The monoisotopic (exact) mass is 571 g/mol. The van der Waals surface area contributed by atoms with E-state index in [4.69, 9.17) is 39.2 Å². The largest absolute Gasteiger partial charge is 0.440 e. The van der Waals surface area contributed by atoms with E-state index in [0.29, 0.717) is 54.9 Å². The molecule has 0 unspecified atom stereocenters. The third kappa shape index (κ3) is 5.05. The molecule has 0 bridgehead atoms. The van der Waals surface area contributed by atoms with Gasteiger partial charge in [-0.1, -0.05) is 53.0 Å². The molecule has 0 aliphatic rings. The second kappa shape index (κ2) is 9.65. The number of hydrogen-bond acceptors (Lipinski definition) is 5. The molecule has 10 heteroatoms. The average molecular weight is 573 g/mol. The molecule has 0 atom stereocenters. The standard InChI is InChI=1S/C27H20Cl3N3O3S/c1-15-24(30)14-33(32-15)25-10-7-18(17-5-4-6-20(11-17)37(3,34)35)12-22(25)27-26(31-16(2)36-27)21-9-8-19(28)13-23(21)29/h4-14H,1-3H3. The smallest absolute Gasteiger partial charge is 0.192 e. The minimum Gasteiger partial charge on any atom is -0.440 e. The number of benzene rings is 3. The number of halogens is 3. The Morgan fingerprint density at radius 3 is 2.30 bits per heavy atom. The molecule has 0 saturated carbocycles. The van der Waals surface area contributed by atoms with Gasteiger partial charge in [0.1, 0.15) is 5.69 Å². The fraction of sp³-hybridized carbons (Fsp3) is 0.111. The SMILES string of the molecule is Cc1nc(-c2ccc(Cl)cc2Cl)c(-c2cc(-c3cccc(S(C)(=O)=O)c3)ccc2-n2cc(Cl)c(C)n2)o1. The minimum atomic E-state index is -3.38. The Morgan fingerprint density at radius 1 is 0.865 bits per heavy atom. The van der Waals surface area contributed by atoms with Crippen LogP contribution in [0.3, 0.4) is 0 Å². The molecule has 188 valence electrons. The van der Waals surface area contributed by atoms with Gasteiger partial charge >= 0.3 is 0 Å². The lowest BCUT2D eigenvalue weighted by atomic mass is 9.98. The molecule has 0 aliphatic carbocycles. The van der Waals surface area contributed by atoms with E-state index in [0.717, 1.165) is 11.1 Å². The van der Waals surface area contributed by atoms with Gasteiger partial charge in [0.2, 0.25) is 0 Å². The summed E-state index contributed by atoms with van der Waals surface area (Å²) in [5, 5.41) is 6.01. The van der Waals surface area contributed by atoms with E-state index in [-0.39, 0.29) is 4.90 Å². The minimum absolute atomic E-state index is 0.231. The van der Waals surface area contributed by atoms with Gasteiger partial charge in [0.25, 0.3) is 0 Å². The van der Waals surface area contributed by atoms with Gasteiger partial charge in [-0.15, -0.1) is 0 Å². The summed E-state index contributed by atoms with van der Waals surface area (Å²) < 4.78 is 32.1. The number of oxazole rings is 1. The van der Waals surface area contributed by atoms with E-state index in [2.05, 4.69) is 10.1 Å². The highest BCUT2D eigenvalue weighted by molar-refractivity contribution is 7.90. The van der Waals surface area contributed by atoms with Gasteiger partial charge in [-0.2, -0.15) is 5.10 Å². The van der Waals surface area contributed by atoms with Crippen molar-refractivity contribution in [1.82, 2.24) is 14.8 Å². The predicted octanol–water partition coefficient (Wildman–Crippen LogP) is 7.84. The highest BCUT2D eigenvalue weighted by Crippen LogP contribution is 2.41. The summed E-state index contributed by atoms with van der Waals surface area (Å²) in [6.45, 7) is 3.58. The zero-order chi connectivity index (χ0) is 26.5. The van der Waals surface area contributed by atoms with Crippen molar-refractivity contribution in [1.29, 1.82) is 0 Å². The lowest BCUT2D eigenvalue weighted by Crippen LogP contribution is -2.00. The Morgan fingerprint density at radius 2 is 1.62 bits per heavy atom. The molecule has 2 heterocycles. The maximum absolute atomic E-state index is 12.2. The number of hydrogen-bond donors (Lipinski definition) is 0. The van der Waals surface area contributed by atoms with Crippen molar-refractivity contribution in [2.45, 2.75) is 18.7 Å². The highest BCUT2D eigenvalue weighted by atomic mass is 35.5. The Labute approximate surface area is 229 Å². The van der Waals surface area contributed by atoms with Gasteiger partial charge in [-0.25, -0.2) is 18.1 Å². The normalized spacial score (nSPS) is 11.7. The summed E-state index contributed by atoms with van der Waals surface area (Å²) >= 11 is 19.0. The number of nitrogens with zero attached hydrogens (tertiary/aromatic N) is 3. The highest BCUT2D eigenvalue weighted by Gasteiger charge is 2.23. The molecule has 0 N–H and O–H groups in total. The van der Waals surface area contributed by atoms with Crippen LogP contribution in [0, 0.1) is 13.8 Å². The third-order valence-electron chi connectivity index (χ3n) is 5.84. The quantitative estimate of drug-likeness (QED) is 0.214. The molecular formula is C27H20Cl3N3O3S. The Bertz CT molecular complexity index is 1760. The first kappa shape index (κ1) is 25.5. The maximum Gasteiger partial charge on any atom is 0.192 e. The van der Waals surface area contributed by atoms with Crippen molar-refractivity contribution in [2.24, 2.45) is 0 Å². The summed E-state index contributed by atoms with van der Waals surface area (Å²) in [4.78, 5) is 4.86. The van der Waals surface area contributed by atoms with E-state index in [1.54, 1.807) is 54.2 Å². The predicted molar refractivity (Wildman–Crippen MR) is 148 cm³/mol. The molecule has 6 nitrogen and oxygen atoms in total. The van der Waals surface area contributed by atoms with Gasteiger partial charge in [0.05, 0.1) is 26.3 Å². The number of rotatable bonds is 5. The topological polar surface area (TPSA) is 78.0 Å². The number of aryl methyl sites for hydroxylation is 2. The molecule has 0 fully saturated rings. The van der Waals surface area contributed by atoms with Crippen LogP contribution in [0.25, 0.3) is 39.4 Å². The van der Waals surface area contributed by atoms with Gasteiger partial charge in [-0.05, 0) is 60.5 Å². The van der Waals surface area contributed by atoms with Crippen molar-refractivity contribution in [3.8, 4) is 39.4 Å². The second-order valence-corrected chi connectivity index (χ2v) is 11.8. The lowest BCUT2D eigenvalue weighted by Gasteiger charge is -2.13. The Hall–Kier alpha value is -3.10. The first-order valence-corrected chi connectivity index (χ1v) is 14.1. The van der Waals surface area contributed by atoms with Crippen molar-refractivity contribution in [3.05, 3.63) is 93.5 Å². The van der Waals surface area contributed by atoms with Crippen LogP contribution >= 0.6 is 34.8 Å². The fourth-order valence-corrected chi connectivity index (χ4v) is 5.33. The van der Waals surface area contributed by atoms with E-state index in [1.807, 2.05) is 31.2 Å². The van der Waals surface area contributed by atoms with Crippen LogP contribution in [-0.2, 0) is 9.84 Å². The van der Waals surface area contributed by atoms with Crippen molar-refractivity contribution in [2.75, 3.05) is 6.26 Å². The molecule has 0 radical (unpaired) electrons. The Balaban J connectivity index is 1.77. The molecule has 0 aliphatic heterocycles. The van der Waals surface area contributed by atoms with Crippen LogP contribution in [-0.4, -0.2) is 29.4 Å². The lowest BCUT2D eigenvalue weighted by molar-refractivity contribution is 0.534. The number of sulfone groups is 1. The third-order valence-corrected chi connectivity index (χ3v) is 7.87. The molecule has 0 spiro atoms. The maximum atomic E-state index is 12.2. The van der Waals surface area contributed by atoms with Crippen LogP contribution in [0.2, 0.25) is 15.1 Å². The van der Waals surface area contributed by atoms with Crippen LogP contribution in [0.1, 0.15) is 11.6 Å². The summed E-state index contributed by atoms with van der Waals surface area (Å²) in [5.41, 5.74) is 4.74. The van der Waals surface area contributed by atoms with Gasteiger partial charge in [0, 0.05) is 35.5 Å². The zero-order valence-corrected chi connectivity index (χ0v) is 23.0. The summed E-state index contributed by atoms with van der Waals surface area (Å²) in [7, 11) is -3.38. The molecule has 0 amide bonds. The van der Waals surface area contributed by atoms with E-state index >= 15 is 0 Å². The van der Waals surface area contributed by atoms with Crippen LogP contribution in [0.4, 0.5) is 0 Å². The van der Waals surface area contributed by atoms with Crippen molar-refractivity contribution >= 4 is 44.6 Å². The van der Waals surface area contributed by atoms with Crippen LogP contribution in [0.5, 0.6) is 0 Å². The first-order chi connectivity index (χ1) is 17.5. The molecule has 3 aromatic carbocycles. The second-order valence-electron chi connectivity index (χ2n) is 8.57. The number of aromatic nitrogens is 3. The summed E-state index contributed by atoms with van der Waals surface area (Å²) in [6, 6.07) is 17.6. The fourth-order valence-electron chi connectivity index (χ4n) is 4.04.